The highest BCUT2D eigenvalue weighted by atomic mass is 16.3. The van der Waals surface area contributed by atoms with E-state index in [4.69, 9.17) is 4.42 Å². The number of nitrogens with zero attached hydrogens (tertiary/aromatic N) is 2. The van der Waals surface area contributed by atoms with E-state index < -0.39 is 11.7 Å². The van der Waals surface area contributed by atoms with Crippen molar-refractivity contribution in [1.82, 2.24) is 14.9 Å². The van der Waals surface area contributed by atoms with Gasteiger partial charge >= 0.3 is 0 Å². The van der Waals surface area contributed by atoms with Crippen molar-refractivity contribution >= 4 is 28.0 Å². The van der Waals surface area contributed by atoms with Gasteiger partial charge in [-0.3, -0.25) is 14.2 Å². The Morgan fingerprint density at radius 2 is 2.21 bits per heavy atom. The van der Waals surface area contributed by atoms with Gasteiger partial charge in [-0.2, -0.15) is 0 Å². The number of carbonyl (C=O) groups excluding carboxylic acids is 1. The van der Waals surface area contributed by atoms with Crippen molar-refractivity contribution in [2.45, 2.75) is 32.4 Å². The van der Waals surface area contributed by atoms with Gasteiger partial charge in [0.1, 0.15) is 17.6 Å². The van der Waals surface area contributed by atoms with Crippen LogP contribution in [0, 0.1) is 0 Å². The molecule has 1 atom stereocenters. The van der Waals surface area contributed by atoms with Gasteiger partial charge in [0.2, 0.25) is 11.5 Å². The van der Waals surface area contributed by atoms with Crippen molar-refractivity contribution in [3.05, 3.63) is 40.9 Å². The Bertz CT molecular complexity index is 928. The lowest BCUT2D eigenvalue weighted by molar-refractivity contribution is -0.122. The predicted molar refractivity (Wildman–Crippen MR) is 89.7 cm³/mol. The summed E-state index contributed by atoms with van der Waals surface area (Å²) in [5.41, 5.74) is 0.811. The molecule has 3 aromatic rings. The van der Waals surface area contributed by atoms with E-state index in [0.717, 1.165) is 11.8 Å². The molecule has 0 radical (unpaired) electrons. The molecule has 126 valence electrons. The van der Waals surface area contributed by atoms with Gasteiger partial charge < -0.3 is 14.8 Å². The summed E-state index contributed by atoms with van der Waals surface area (Å²) in [5.74, 6) is -0.357. The van der Waals surface area contributed by atoms with E-state index in [1.165, 1.54) is 10.9 Å². The van der Waals surface area contributed by atoms with Gasteiger partial charge in [0.05, 0.1) is 12.4 Å². The molecule has 0 aliphatic heterocycles. The summed E-state index contributed by atoms with van der Waals surface area (Å²) >= 11 is 0. The summed E-state index contributed by atoms with van der Waals surface area (Å²) < 4.78 is 6.77. The van der Waals surface area contributed by atoms with Crippen LogP contribution >= 0.6 is 0 Å². The van der Waals surface area contributed by atoms with Crippen LogP contribution in [0.2, 0.25) is 0 Å². The lowest BCUT2D eigenvalue weighted by Gasteiger charge is -2.11. The number of nitrogens with one attached hydrogen (secondary N) is 1. The van der Waals surface area contributed by atoms with Gasteiger partial charge in [0.25, 0.3) is 5.56 Å². The lowest BCUT2D eigenvalue weighted by Crippen LogP contribution is -2.36. The zero-order valence-electron chi connectivity index (χ0n) is 13.4. The summed E-state index contributed by atoms with van der Waals surface area (Å²) in [6.07, 6.45) is 2.22. The Hall–Kier alpha value is -2.67. The SMILES string of the molecule is CCCC(O)CNC(=O)Cn1cnc2c(oc3ccccc32)c1=O. The first-order valence-electron chi connectivity index (χ1n) is 7.91. The highest BCUT2D eigenvalue weighted by Gasteiger charge is 2.14. The van der Waals surface area contributed by atoms with E-state index in [-0.39, 0.29) is 24.6 Å². The van der Waals surface area contributed by atoms with Crippen molar-refractivity contribution in [3.8, 4) is 0 Å². The van der Waals surface area contributed by atoms with Crippen LogP contribution in [0.5, 0.6) is 0 Å². The zero-order chi connectivity index (χ0) is 17.1. The number of para-hydroxylation sites is 1. The van der Waals surface area contributed by atoms with Crippen molar-refractivity contribution in [2.75, 3.05) is 6.54 Å². The van der Waals surface area contributed by atoms with Gasteiger partial charge in [-0.05, 0) is 18.6 Å². The van der Waals surface area contributed by atoms with Gasteiger partial charge in [-0.1, -0.05) is 25.5 Å². The summed E-state index contributed by atoms with van der Waals surface area (Å²) in [4.78, 5) is 28.7. The molecule has 0 saturated carbocycles. The minimum Gasteiger partial charge on any atom is -0.448 e. The van der Waals surface area contributed by atoms with Crippen LogP contribution in [-0.4, -0.2) is 33.2 Å². The number of aromatic nitrogens is 2. The third-order valence-corrected chi connectivity index (χ3v) is 3.82. The Balaban J connectivity index is 1.80. The molecule has 0 aliphatic carbocycles. The lowest BCUT2D eigenvalue weighted by atomic mass is 10.2. The van der Waals surface area contributed by atoms with Crippen LogP contribution in [0.3, 0.4) is 0 Å². The van der Waals surface area contributed by atoms with Crippen LogP contribution in [0.15, 0.2) is 39.8 Å². The molecule has 1 aromatic carbocycles. The van der Waals surface area contributed by atoms with E-state index in [9.17, 15) is 14.7 Å². The number of benzene rings is 1. The van der Waals surface area contributed by atoms with Crippen LogP contribution in [-0.2, 0) is 11.3 Å². The summed E-state index contributed by atoms with van der Waals surface area (Å²) in [6.45, 7) is 1.96. The van der Waals surface area contributed by atoms with Gasteiger partial charge in [0.15, 0.2) is 0 Å². The van der Waals surface area contributed by atoms with Crippen molar-refractivity contribution in [1.29, 1.82) is 0 Å². The summed E-state index contributed by atoms with van der Waals surface area (Å²) in [6, 6.07) is 7.26. The molecule has 7 nitrogen and oxygen atoms in total. The minimum absolute atomic E-state index is 0.137. The Morgan fingerprint density at radius 1 is 1.42 bits per heavy atom. The van der Waals surface area contributed by atoms with Gasteiger partial charge in [0, 0.05) is 11.9 Å². The zero-order valence-corrected chi connectivity index (χ0v) is 13.4. The maximum Gasteiger partial charge on any atom is 0.297 e. The van der Waals surface area contributed by atoms with Gasteiger partial charge in [-0.25, -0.2) is 4.98 Å². The van der Waals surface area contributed by atoms with Crippen molar-refractivity contribution in [2.24, 2.45) is 0 Å². The second-order valence-corrected chi connectivity index (χ2v) is 5.70. The fraction of sp³-hybridized carbons (Fsp3) is 0.353. The Kier molecular flexibility index (Phi) is 4.61. The summed E-state index contributed by atoms with van der Waals surface area (Å²) in [5, 5.41) is 13.0. The number of amides is 1. The average Bonchev–Trinajstić information content (AvgIpc) is 2.95. The predicted octanol–water partition coefficient (Wildman–Crippen LogP) is 1.42. The molecule has 2 aromatic heterocycles. The first kappa shape index (κ1) is 16.2. The van der Waals surface area contributed by atoms with Crippen LogP contribution in [0.4, 0.5) is 0 Å². The van der Waals surface area contributed by atoms with E-state index in [1.807, 2.05) is 25.1 Å². The standard InChI is InChI=1S/C17H19N3O4/c1-2-5-11(21)8-18-14(22)9-20-10-19-15-12-6-3-4-7-13(12)24-16(15)17(20)23/h3-4,6-7,10-11,21H,2,5,8-9H2,1H3,(H,18,22). The molecule has 1 amide bonds. The van der Waals surface area contributed by atoms with E-state index in [0.29, 0.717) is 17.5 Å². The summed E-state index contributed by atoms with van der Waals surface area (Å²) in [7, 11) is 0. The maximum atomic E-state index is 12.5. The van der Waals surface area contributed by atoms with Crippen LogP contribution in [0.25, 0.3) is 22.1 Å². The monoisotopic (exact) mass is 329 g/mol. The second kappa shape index (κ2) is 6.84. The molecule has 0 fully saturated rings. The molecule has 0 saturated heterocycles. The smallest absolute Gasteiger partial charge is 0.297 e. The topological polar surface area (TPSA) is 97.4 Å². The molecular formula is C17H19N3O4. The van der Waals surface area contributed by atoms with Crippen LogP contribution < -0.4 is 10.9 Å². The molecule has 24 heavy (non-hydrogen) atoms. The highest BCUT2D eigenvalue weighted by molar-refractivity contribution is 6.01. The number of aliphatic hydroxyl groups is 1. The van der Waals surface area contributed by atoms with Crippen LogP contribution in [0.1, 0.15) is 19.8 Å². The highest BCUT2D eigenvalue weighted by Crippen LogP contribution is 2.23. The number of furan rings is 1. The number of fused-ring (bicyclic) bond motifs is 3. The molecule has 2 N–H and O–H groups in total. The third kappa shape index (κ3) is 3.16. The molecule has 0 spiro atoms. The van der Waals surface area contributed by atoms with E-state index >= 15 is 0 Å². The number of hydrogen-bond donors (Lipinski definition) is 2. The average molecular weight is 329 g/mol. The minimum atomic E-state index is -0.577. The number of aliphatic hydroxyl groups excluding tert-OH is 1. The third-order valence-electron chi connectivity index (χ3n) is 3.82. The molecule has 7 heteroatoms. The second-order valence-electron chi connectivity index (χ2n) is 5.70. The number of carbonyl (C=O) groups is 1. The fourth-order valence-electron chi connectivity index (χ4n) is 2.61. The van der Waals surface area contributed by atoms with Gasteiger partial charge in [-0.15, -0.1) is 0 Å². The molecule has 3 rings (SSSR count). The van der Waals surface area contributed by atoms with E-state index in [1.54, 1.807) is 6.07 Å². The molecular weight excluding hydrogens is 310 g/mol. The Labute approximate surface area is 137 Å². The first-order valence-corrected chi connectivity index (χ1v) is 7.91. The normalized spacial score (nSPS) is 12.6. The molecule has 2 heterocycles. The van der Waals surface area contributed by atoms with Crippen molar-refractivity contribution < 1.29 is 14.3 Å². The quantitative estimate of drug-likeness (QED) is 0.713. The Morgan fingerprint density at radius 3 is 3.00 bits per heavy atom. The molecule has 0 aliphatic rings. The number of rotatable bonds is 6. The number of hydrogen-bond acceptors (Lipinski definition) is 5. The van der Waals surface area contributed by atoms with Crippen molar-refractivity contribution in [3.63, 3.8) is 0 Å². The maximum absolute atomic E-state index is 12.5. The fourth-order valence-corrected chi connectivity index (χ4v) is 2.61. The largest absolute Gasteiger partial charge is 0.448 e. The first-order chi connectivity index (χ1) is 11.6. The van der Waals surface area contributed by atoms with E-state index in [2.05, 4.69) is 10.3 Å². The molecule has 0 bridgehead atoms. The molecule has 1 unspecified atom stereocenters.